The van der Waals surface area contributed by atoms with Crippen LogP contribution in [0.5, 0.6) is 0 Å². The van der Waals surface area contributed by atoms with Crippen LogP contribution in [-0.4, -0.2) is 11.1 Å². The van der Waals surface area contributed by atoms with Gasteiger partial charge in [-0.25, -0.2) is 0 Å². The van der Waals surface area contributed by atoms with Crippen LogP contribution in [0.25, 0.3) is 0 Å². The first-order valence-corrected chi connectivity index (χ1v) is 5.08. The van der Waals surface area contributed by atoms with Gasteiger partial charge in [-0.3, -0.25) is 4.79 Å². The summed E-state index contributed by atoms with van der Waals surface area (Å²) < 4.78 is 0. The number of hydrogen-bond donors (Lipinski definition) is 1. The van der Waals surface area contributed by atoms with Crippen LogP contribution in [0.4, 0.5) is 0 Å². The molecule has 2 nitrogen and oxygen atoms in total. The molecule has 0 amide bonds. The van der Waals surface area contributed by atoms with Crippen LogP contribution in [-0.2, 0) is 4.79 Å². The summed E-state index contributed by atoms with van der Waals surface area (Å²) in [4.78, 5) is 10.4. The minimum atomic E-state index is -0.705. The van der Waals surface area contributed by atoms with Gasteiger partial charge < -0.3 is 5.11 Å². The van der Waals surface area contributed by atoms with Crippen molar-refractivity contribution in [3.8, 4) is 0 Å². The van der Waals surface area contributed by atoms with E-state index in [9.17, 15) is 4.79 Å². The Labute approximate surface area is 79.6 Å². The van der Waals surface area contributed by atoms with Crippen LogP contribution in [0.3, 0.4) is 0 Å². The summed E-state index contributed by atoms with van der Waals surface area (Å²) in [5.74, 6) is 0.193. The maximum atomic E-state index is 10.4. The van der Waals surface area contributed by atoms with Gasteiger partial charge in [0.2, 0.25) is 0 Å². The summed E-state index contributed by atoms with van der Waals surface area (Å²) in [5.41, 5.74) is 0. The highest BCUT2D eigenvalue weighted by atomic mass is 16.4. The van der Waals surface area contributed by atoms with E-state index in [0.29, 0.717) is 0 Å². The molecule has 0 saturated heterocycles. The Bertz CT molecular complexity index is 190. The monoisotopic (exact) mass is 182 g/mol. The molecule has 1 rings (SSSR count). The minimum absolute atomic E-state index is 0.179. The summed E-state index contributed by atoms with van der Waals surface area (Å²) >= 11 is 0. The normalized spacial score (nSPS) is 21.0. The van der Waals surface area contributed by atoms with Gasteiger partial charge in [0.25, 0.3) is 0 Å². The van der Waals surface area contributed by atoms with Gasteiger partial charge in [-0.1, -0.05) is 31.9 Å². The van der Waals surface area contributed by atoms with E-state index in [4.69, 9.17) is 5.11 Å². The van der Waals surface area contributed by atoms with Crippen molar-refractivity contribution in [3.63, 3.8) is 0 Å². The highest BCUT2D eigenvalue weighted by Crippen LogP contribution is 2.26. The van der Waals surface area contributed by atoms with E-state index in [2.05, 4.69) is 12.2 Å². The molecule has 0 aliphatic heterocycles. The number of aliphatic carboxylic acids is 1. The van der Waals surface area contributed by atoms with Crippen molar-refractivity contribution in [3.05, 3.63) is 12.2 Å². The maximum absolute atomic E-state index is 10.4. The average Bonchev–Trinajstić information content (AvgIpc) is 2.51. The molecule has 1 fully saturated rings. The fourth-order valence-corrected chi connectivity index (χ4v) is 1.84. The number of carboxylic acid groups (broad SMARTS) is 1. The van der Waals surface area contributed by atoms with Gasteiger partial charge in [-0.2, -0.15) is 0 Å². The predicted octanol–water partition coefficient (Wildman–Crippen LogP) is 2.84. The molecule has 74 valence electrons. The fraction of sp³-hybridized carbons (Fsp3) is 0.727. The number of carboxylic acids is 1. The second-order valence-electron chi connectivity index (χ2n) is 4.00. The molecule has 0 aromatic carbocycles. The first-order valence-electron chi connectivity index (χ1n) is 5.08. The number of carbonyl (C=O) groups is 1. The predicted molar refractivity (Wildman–Crippen MR) is 52.5 cm³/mol. The largest absolute Gasteiger partial charge is 0.481 e. The first kappa shape index (κ1) is 10.3. The van der Waals surface area contributed by atoms with Gasteiger partial charge in [0.05, 0.1) is 6.42 Å². The summed E-state index contributed by atoms with van der Waals surface area (Å²) in [6, 6.07) is 0. The second-order valence-corrected chi connectivity index (χ2v) is 4.00. The Balaban J connectivity index is 2.25. The summed E-state index contributed by atoms with van der Waals surface area (Å²) in [7, 11) is 0. The molecule has 2 heteroatoms. The number of rotatable bonds is 4. The van der Waals surface area contributed by atoms with Gasteiger partial charge >= 0.3 is 5.97 Å². The summed E-state index contributed by atoms with van der Waals surface area (Å²) in [6.07, 6.45) is 9.77. The van der Waals surface area contributed by atoms with Crippen molar-refractivity contribution >= 4 is 5.97 Å². The molecule has 0 aromatic heterocycles. The molecule has 0 bridgehead atoms. The molecule has 1 aliphatic carbocycles. The van der Waals surface area contributed by atoms with Gasteiger partial charge in [0.15, 0.2) is 0 Å². The van der Waals surface area contributed by atoms with Crippen molar-refractivity contribution in [1.29, 1.82) is 0 Å². The molecule has 1 N–H and O–H groups in total. The van der Waals surface area contributed by atoms with E-state index in [-0.39, 0.29) is 12.3 Å². The third-order valence-corrected chi connectivity index (χ3v) is 2.61. The zero-order valence-electron chi connectivity index (χ0n) is 8.20. The number of hydrogen-bond acceptors (Lipinski definition) is 1. The Morgan fingerprint density at radius 1 is 1.54 bits per heavy atom. The topological polar surface area (TPSA) is 37.3 Å². The van der Waals surface area contributed by atoms with Crippen LogP contribution < -0.4 is 0 Å². The van der Waals surface area contributed by atoms with E-state index in [0.717, 1.165) is 5.92 Å². The Kier molecular flexibility index (Phi) is 4.00. The van der Waals surface area contributed by atoms with Gasteiger partial charge in [-0.15, -0.1) is 0 Å². The van der Waals surface area contributed by atoms with Crippen LogP contribution in [0.15, 0.2) is 12.2 Å². The Morgan fingerprint density at radius 3 is 2.69 bits per heavy atom. The van der Waals surface area contributed by atoms with Crippen molar-refractivity contribution in [2.75, 3.05) is 0 Å². The fourth-order valence-electron chi connectivity index (χ4n) is 1.84. The molecule has 13 heavy (non-hydrogen) atoms. The van der Waals surface area contributed by atoms with Gasteiger partial charge in [-0.05, 0) is 24.7 Å². The molecule has 1 atom stereocenters. The summed E-state index contributed by atoms with van der Waals surface area (Å²) in [5, 5.41) is 8.54. The van der Waals surface area contributed by atoms with E-state index in [1.165, 1.54) is 25.7 Å². The first-order chi connectivity index (χ1) is 6.18. The molecule has 1 saturated carbocycles. The Hall–Kier alpha value is -0.790. The zero-order chi connectivity index (χ0) is 9.68. The molecule has 1 unspecified atom stereocenters. The van der Waals surface area contributed by atoms with Gasteiger partial charge in [0, 0.05) is 0 Å². The van der Waals surface area contributed by atoms with Crippen molar-refractivity contribution in [2.24, 2.45) is 11.8 Å². The number of allylic oxidation sites excluding steroid dienone is 2. The molecule has 0 heterocycles. The van der Waals surface area contributed by atoms with Crippen LogP contribution in [0.2, 0.25) is 0 Å². The molecule has 0 spiro atoms. The lowest BCUT2D eigenvalue weighted by atomic mass is 10.0. The molecular formula is C11H18O2. The third kappa shape index (κ3) is 4.11. The van der Waals surface area contributed by atoms with Crippen LogP contribution in [0.1, 0.15) is 39.0 Å². The second kappa shape index (κ2) is 5.05. The van der Waals surface area contributed by atoms with E-state index in [1.54, 1.807) is 0 Å². The quantitative estimate of drug-likeness (QED) is 0.679. The van der Waals surface area contributed by atoms with E-state index >= 15 is 0 Å². The summed E-state index contributed by atoms with van der Waals surface area (Å²) in [6.45, 7) is 1.96. The van der Waals surface area contributed by atoms with Crippen molar-refractivity contribution in [2.45, 2.75) is 39.0 Å². The Morgan fingerprint density at radius 2 is 2.15 bits per heavy atom. The third-order valence-electron chi connectivity index (χ3n) is 2.61. The van der Waals surface area contributed by atoms with E-state index in [1.807, 2.05) is 6.92 Å². The SMILES string of the molecule is CC(C=CC1CCCC1)CC(=O)O. The molecule has 0 radical (unpaired) electrons. The van der Waals surface area contributed by atoms with Gasteiger partial charge in [0.1, 0.15) is 0 Å². The lowest BCUT2D eigenvalue weighted by molar-refractivity contribution is -0.137. The van der Waals surface area contributed by atoms with Crippen LogP contribution in [0, 0.1) is 11.8 Å². The highest BCUT2D eigenvalue weighted by Gasteiger charge is 2.12. The molecule has 0 aromatic rings. The maximum Gasteiger partial charge on any atom is 0.303 e. The average molecular weight is 182 g/mol. The van der Waals surface area contributed by atoms with E-state index < -0.39 is 5.97 Å². The van der Waals surface area contributed by atoms with Crippen LogP contribution >= 0.6 is 0 Å². The standard InChI is InChI=1S/C11H18O2/c1-9(8-11(12)13)6-7-10-4-2-3-5-10/h6-7,9-10H,2-5,8H2,1H3,(H,12,13). The van der Waals surface area contributed by atoms with Crippen molar-refractivity contribution in [1.82, 2.24) is 0 Å². The highest BCUT2D eigenvalue weighted by molar-refractivity contribution is 5.67. The molecular weight excluding hydrogens is 164 g/mol. The van der Waals surface area contributed by atoms with Crippen molar-refractivity contribution < 1.29 is 9.90 Å². The minimum Gasteiger partial charge on any atom is -0.481 e. The molecule has 1 aliphatic rings. The lowest BCUT2D eigenvalue weighted by Gasteiger charge is -2.04. The smallest absolute Gasteiger partial charge is 0.303 e. The zero-order valence-corrected chi connectivity index (χ0v) is 8.20. The lowest BCUT2D eigenvalue weighted by Crippen LogP contribution is -2.01.